The van der Waals surface area contributed by atoms with E-state index in [0.29, 0.717) is 19.3 Å². The van der Waals surface area contributed by atoms with Gasteiger partial charge in [0.2, 0.25) is 17.6 Å². The lowest BCUT2D eigenvalue weighted by atomic mass is 9.80. The van der Waals surface area contributed by atoms with E-state index >= 15 is 0 Å². The van der Waals surface area contributed by atoms with Crippen LogP contribution in [0, 0.1) is 17.3 Å². The third-order valence-corrected chi connectivity index (χ3v) is 9.18. The molecule has 5 N–H and O–H groups in total. The number of rotatable bonds is 12. The summed E-state index contributed by atoms with van der Waals surface area (Å²) < 4.78 is 5.16. The third kappa shape index (κ3) is 13.8. The van der Waals surface area contributed by atoms with Gasteiger partial charge in [0.15, 0.2) is 0 Å². The first-order valence-corrected chi connectivity index (χ1v) is 17.9. The van der Waals surface area contributed by atoms with Crippen molar-refractivity contribution in [3.8, 4) is 0 Å². The highest BCUT2D eigenvalue weighted by Crippen LogP contribution is 2.31. The maximum atomic E-state index is 13.7. The number of amides is 5. The van der Waals surface area contributed by atoms with E-state index in [1.165, 1.54) is 30.6 Å². The van der Waals surface area contributed by atoms with Crippen LogP contribution in [0.2, 0.25) is 0 Å². The highest BCUT2D eigenvalue weighted by atomic mass is 16.5. The summed E-state index contributed by atoms with van der Waals surface area (Å²) in [5, 5.41) is 7.73. The summed E-state index contributed by atoms with van der Waals surface area (Å²) >= 11 is 0. The van der Waals surface area contributed by atoms with Crippen molar-refractivity contribution < 1.29 is 33.5 Å². The summed E-state index contributed by atoms with van der Waals surface area (Å²) in [6.45, 7) is 11.6. The summed E-state index contributed by atoms with van der Waals surface area (Å²) in [7, 11) is 0. The Morgan fingerprint density at radius 3 is 2.04 bits per heavy atom. The van der Waals surface area contributed by atoms with Gasteiger partial charge in [-0.2, -0.15) is 0 Å². The van der Waals surface area contributed by atoms with Crippen LogP contribution in [0.5, 0.6) is 0 Å². The monoisotopic (exact) mass is 685 g/mol. The van der Waals surface area contributed by atoms with E-state index in [4.69, 9.17) is 10.5 Å². The van der Waals surface area contributed by atoms with Crippen molar-refractivity contribution in [3.05, 3.63) is 35.9 Å². The molecule has 4 rings (SSSR count). The number of ether oxygens (including phenoxy) is 1. The number of urea groups is 1. The molecule has 12 heteroatoms. The maximum absolute atomic E-state index is 13.7. The van der Waals surface area contributed by atoms with Gasteiger partial charge in [0.25, 0.3) is 5.91 Å². The fourth-order valence-corrected chi connectivity index (χ4v) is 6.10. The Bertz CT molecular complexity index is 1240. The second-order valence-corrected chi connectivity index (χ2v) is 14.2. The summed E-state index contributed by atoms with van der Waals surface area (Å²) in [5.41, 5.74) is 5.29. The number of ketones is 1. The number of likely N-dealkylation sites (tertiary alicyclic amines) is 1. The molecule has 3 aliphatic rings. The van der Waals surface area contributed by atoms with Crippen LogP contribution in [0.15, 0.2) is 30.3 Å². The Morgan fingerprint density at radius 1 is 0.898 bits per heavy atom. The van der Waals surface area contributed by atoms with E-state index in [1.54, 1.807) is 20.8 Å². The van der Waals surface area contributed by atoms with Gasteiger partial charge in [0, 0.05) is 6.54 Å². The lowest BCUT2D eigenvalue weighted by Gasteiger charge is -2.36. The van der Waals surface area contributed by atoms with Crippen LogP contribution in [-0.2, 0) is 35.3 Å². The van der Waals surface area contributed by atoms with E-state index in [-0.39, 0.29) is 19.1 Å². The van der Waals surface area contributed by atoms with Gasteiger partial charge in [-0.3, -0.25) is 24.0 Å². The molecule has 0 aromatic heterocycles. The van der Waals surface area contributed by atoms with Crippen LogP contribution in [0.1, 0.15) is 111 Å². The predicted molar refractivity (Wildman–Crippen MR) is 188 cm³/mol. The molecule has 1 heterocycles. The number of hydrogen-bond donors (Lipinski definition) is 4. The molecule has 274 valence electrons. The van der Waals surface area contributed by atoms with Gasteiger partial charge in [-0.05, 0) is 42.1 Å². The molecule has 3 atom stereocenters. The van der Waals surface area contributed by atoms with Gasteiger partial charge in [-0.1, -0.05) is 117 Å². The molecule has 3 unspecified atom stereocenters. The number of benzene rings is 1. The fourth-order valence-electron chi connectivity index (χ4n) is 6.10. The lowest BCUT2D eigenvalue weighted by molar-refractivity contribution is -0.143. The second kappa shape index (κ2) is 20.5. The smallest absolute Gasteiger partial charge is 0.325 e. The minimum Gasteiger partial charge on any atom is -0.460 e. The average Bonchev–Trinajstić information content (AvgIpc) is 3.75. The van der Waals surface area contributed by atoms with Crippen LogP contribution in [0.25, 0.3) is 0 Å². The third-order valence-electron chi connectivity index (χ3n) is 9.18. The molecule has 3 fully saturated rings. The van der Waals surface area contributed by atoms with E-state index < -0.39 is 65.6 Å². The maximum Gasteiger partial charge on any atom is 0.325 e. The first kappa shape index (κ1) is 41.2. The number of carbonyl (C=O) groups excluding carboxylic acids is 6. The van der Waals surface area contributed by atoms with Gasteiger partial charge in [-0.25, -0.2) is 4.79 Å². The fraction of sp³-hybridized carbons (Fsp3) is 0.676. The van der Waals surface area contributed by atoms with Gasteiger partial charge in [0.05, 0.1) is 6.04 Å². The normalized spacial score (nSPS) is 18.7. The van der Waals surface area contributed by atoms with Gasteiger partial charge >= 0.3 is 12.0 Å². The molecule has 0 spiro atoms. The van der Waals surface area contributed by atoms with Gasteiger partial charge < -0.3 is 31.3 Å². The van der Waals surface area contributed by atoms with Crippen molar-refractivity contribution in [2.24, 2.45) is 23.0 Å². The number of carbonyl (C=O) groups is 6. The Kier molecular flexibility index (Phi) is 17.3. The van der Waals surface area contributed by atoms with Gasteiger partial charge in [0.1, 0.15) is 25.2 Å². The average molecular weight is 686 g/mol. The largest absolute Gasteiger partial charge is 0.460 e. The molecule has 1 aromatic carbocycles. The van der Waals surface area contributed by atoms with Crippen LogP contribution >= 0.6 is 0 Å². The number of nitrogens with zero attached hydrogens (tertiary/aromatic N) is 1. The molecule has 2 saturated carbocycles. The molecule has 5 amide bonds. The number of hydrogen-bond acceptors (Lipinski definition) is 7. The molecule has 1 aromatic rings. The molecule has 0 radical (unpaired) electrons. The van der Waals surface area contributed by atoms with Crippen LogP contribution in [-0.4, -0.2) is 71.6 Å². The molecule has 12 nitrogen and oxygen atoms in total. The van der Waals surface area contributed by atoms with Crippen molar-refractivity contribution in [2.45, 2.75) is 130 Å². The molecule has 0 bridgehead atoms. The first-order chi connectivity index (χ1) is 23.3. The zero-order chi connectivity index (χ0) is 36.6. The molecule has 1 aliphatic heterocycles. The van der Waals surface area contributed by atoms with Crippen molar-refractivity contribution in [1.29, 1.82) is 0 Å². The number of nitrogens with one attached hydrogen (secondary N) is 3. The van der Waals surface area contributed by atoms with Crippen molar-refractivity contribution >= 4 is 35.5 Å². The van der Waals surface area contributed by atoms with Crippen LogP contribution in [0.3, 0.4) is 0 Å². The quantitative estimate of drug-likeness (QED) is 0.186. The second-order valence-electron chi connectivity index (χ2n) is 14.2. The van der Waals surface area contributed by atoms with Gasteiger partial charge in [-0.15, -0.1) is 0 Å². The summed E-state index contributed by atoms with van der Waals surface area (Å²) in [6.07, 6.45) is 10.1. The lowest BCUT2D eigenvalue weighted by Crippen LogP contribution is -2.60. The van der Waals surface area contributed by atoms with Crippen molar-refractivity contribution in [3.63, 3.8) is 0 Å². The highest BCUT2D eigenvalue weighted by Gasteiger charge is 2.43. The predicted octanol–water partition coefficient (Wildman–Crippen LogP) is 4.39. The van der Waals surface area contributed by atoms with E-state index in [9.17, 15) is 28.8 Å². The summed E-state index contributed by atoms with van der Waals surface area (Å²) in [4.78, 5) is 77.1. The molecule has 49 heavy (non-hydrogen) atoms. The van der Waals surface area contributed by atoms with Crippen LogP contribution in [0.4, 0.5) is 4.79 Å². The Labute approximate surface area is 292 Å². The van der Waals surface area contributed by atoms with E-state index in [1.807, 2.05) is 44.2 Å². The Hall–Kier alpha value is -3.96. The highest BCUT2D eigenvalue weighted by molar-refractivity contribution is 6.37. The van der Waals surface area contributed by atoms with Crippen molar-refractivity contribution in [1.82, 2.24) is 20.9 Å². The zero-order valence-electron chi connectivity index (χ0n) is 30.3. The Morgan fingerprint density at radius 2 is 1.53 bits per heavy atom. The summed E-state index contributed by atoms with van der Waals surface area (Å²) in [5.74, 6) is -2.32. The number of esters is 1. The molecular weight excluding hydrogens is 626 g/mol. The minimum absolute atomic E-state index is 0.0665. The van der Waals surface area contributed by atoms with Crippen LogP contribution < -0.4 is 21.7 Å². The van der Waals surface area contributed by atoms with E-state index in [0.717, 1.165) is 30.7 Å². The molecule has 2 aliphatic carbocycles. The molecular formula is C37H59N5O7. The Balaban J connectivity index is 0.000000923. The van der Waals surface area contributed by atoms with Crippen molar-refractivity contribution in [2.75, 3.05) is 13.1 Å². The zero-order valence-corrected chi connectivity index (χ0v) is 30.3. The SMILES string of the molecule is CC.CC(C)(C)C(NC(=O)NCC(=O)OCc1ccccc1)C(=O)N1CCCC1C(=O)NC(CC1CCC1)C(=O)C(N)=O.CC1CCCC1. The number of Topliss-reactive ketones (excluding diaryl/α,β-unsaturated/α-hetero) is 1. The number of nitrogens with two attached hydrogens (primary N) is 1. The summed E-state index contributed by atoms with van der Waals surface area (Å²) in [6, 6.07) is 5.45. The molecule has 1 saturated heterocycles. The standard InChI is InChI=1S/C29H41N5O7.C6H12.C2H6/c1-29(2,3)24(33-28(40)31-16-22(35)41-17-19-9-5-4-6-10-19)27(39)34-14-8-13-21(34)26(38)32-20(23(36)25(30)37)15-18-11-7-12-18;1-6-4-2-3-5-6;1-2/h4-6,9-10,18,20-21,24H,7-8,11-17H2,1-3H3,(H2,30,37)(H,32,38)(H2,31,33,40);6H,2-5H2,1H3;1-2H3. The minimum atomic E-state index is -1.11. The topological polar surface area (TPSA) is 177 Å². The first-order valence-electron chi connectivity index (χ1n) is 17.9. The number of primary amides is 1. The van der Waals surface area contributed by atoms with E-state index in [2.05, 4.69) is 22.9 Å².